The first kappa shape index (κ1) is 17.8. The molecule has 2 aromatic carbocycles. The highest BCUT2D eigenvalue weighted by atomic mass is 19.2. The third-order valence-corrected chi connectivity index (χ3v) is 4.00. The van der Waals surface area contributed by atoms with Crippen LogP contribution in [0.25, 0.3) is 11.3 Å². The highest BCUT2D eigenvalue weighted by Crippen LogP contribution is 2.22. The fourth-order valence-electron chi connectivity index (χ4n) is 2.67. The average Bonchev–Trinajstić information content (AvgIpc) is 3.13. The predicted molar refractivity (Wildman–Crippen MR) is 94.6 cm³/mol. The number of anilines is 1. The van der Waals surface area contributed by atoms with Gasteiger partial charge in [-0.05, 0) is 19.1 Å². The highest BCUT2D eigenvalue weighted by Gasteiger charge is 2.17. The molecule has 3 aromatic rings. The van der Waals surface area contributed by atoms with Crippen LogP contribution in [0.4, 0.5) is 14.5 Å². The van der Waals surface area contributed by atoms with Crippen LogP contribution < -0.4 is 4.90 Å². The zero-order chi connectivity index (χ0) is 18.5. The third-order valence-electron chi connectivity index (χ3n) is 4.00. The van der Waals surface area contributed by atoms with Crippen molar-refractivity contribution >= 4 is 11.6 Å². The monoisotopic (exact) mass is 356 g/mol. The van der Waals surface area contributed by atoms with Crippen LogP contribution in [0.1, 0.15) is 19.2 Å². The Hall–Kier alpha value is -3.02. The minimum atomic E-state index is -0.978. The van der Waals surface area contributed by atoms with Gasteiger partial charge in [0.1, 0.15) is 0 Å². The smallest absolute Gasteiger partial charge is 0.227 e. The average molecular weight is 356 g/mol. The molecule has 3 rings (SSSR count). The van der Waals surface area contributed by atoms with Crippen molar-refractivity contribution < 1.29 is 18.0 Å². The van der Waals surface area contributed by atoms with E-state index in [1.807, 2.05) is 30.3 Å². The molecule has 0 radical (unpaired) electrons. The Morgan fingerprint density at radius 1 is 1.12 bits per heavy atom. The van der Waals surface area contributed by atoms with E-state index in [0.717, 1.165) is 17.7 Å². The second-order valence-electron chi connectivity index (χ2n) is 5.72. The van der Waals surface area contributed by atoms with Gasteiger partial charge in [0.2, 0.25) is 5.91 Å². The topological polar surface area (TPSA) is 46.3 Å². The Morgan fingerprint density at radius 2 is 1.88 bits per heavy atom. The molecule has 1 aromatic heterocycles. The van der Waals surface area contributed by atoms with Crippen LogP contribution in [0.15, 0.2) is 59.1 Å². The fraction of sp³-hybridized carbons (Fsp3) is 0.200. The van der Waals surface area contributed by atoms with E-state index in [0.29, 0.717) is 30.3 Å². The lowest BCUT2D eigenvalue weighted by atomic mass is 10.2. The summed E-state index contributed by atoms with van der Waals surface area (Å²) in [6, 6.07) is 13.0. The Kier molecular flexibility index (Phi) is 5.41. The van der Waals surface area contributed by atoms with E-state index in [-0.39, 0.29) is 12.3 Å². The molecule has 0 fully saturated rings. The van der Waals surface area contributed by atoms with Crippen LogP contribution in [0.2, 0.25) is 0 Å². The van der Waals surface area contributed by atoms with Gasteiger partial charge in [-0.3, -0.25) is 4.79 Å². The summed E-state index contributed by atoms with van der Waals surface area (Å²) in [5.74, 6) is -1.03. The van der Waals surface area contributed by atoms with E-state index in [9.17, 15) is 13.6 Å². The first-order valence-electron chi connectivity index (χ1n) is 8.34. The van der Waals surface area contributed by atoms with Crippen molar-refractivity contribution in [3.8, 4) is 11.3 Å². The predicted octanol–water partition coefficient (Wildman–Crippen LogP) is 4.61. The van der Waals surface area contributed by atoms with E-state index in [1.54, 1.807) is 13.1 Å². The van der Waals surface area contributed by atoms with E-state index < -0.39 is 11.6 Å². The van der Waals surface area contributed by atoms with E-state index in [1.165, 1.54) is 11.0 Å². The molecule has 1 heterocycles. The summed E-state index contributed by atoms with van der Waals surface area (Å²) in [6.45, 7) is 2.13. The van der Waals surface area contributed by atoms with Gasteiger partial charge in [0.25, 0.3) is 0 Å². The number of rotatable bonds is 6. The van der Waals surface area contributed by atoms with Gasteiger partial charge in [-0.25, -0.2) is 13.8 Å². The summed E-state index contributed by atoms with van der Waals surface area (Å²) in [5.41, 5.74) is 1.24. The van der Waals surface area contributed by atoms with Crippen LogP contribution in [0, 0.1) is 11.6 Å². The van der Waals surface area contributed by atoms with E-state index in [4.69, 9.17) is 4.42 Å². The number of hydrogen-bond acceptors (Lipinski definition) is 3. The molecule has 0 aliphatic rings. The molecular weight excluding hydrogens is 338 g/mol. The van der Waals surface area contributed by atoms with Crippen molar-refractivity contribution in [3.63, 3.8) is 0 Å². The molecule has 0 aliphatic heterocycles. The van der Waals surface area contributed by atoms with Crippen molar-refractivity contribution in [1.82, 2.24) is 4.98 Å². The van der Waals surface area contributed by atoms with Crippen LogP contribution in [0.3, 0.4) is 0 Å². The van der Waals surface area contributed by atoms with Crippen molar-refractivity contribution in [2.75, 3.05) is 11.4 Å². The third kappa shape index (κ3) is 3.96. The summed E-state index contributed by atoms with van der Waals surface area (Å²) < 4.78 is 32.2. The molecule has 0 saturated carbocycles. The molecule has 0 unspecified atom stereocenters. The normalized spacial score (nSPS) is 10.7. The number of nitrogens with zero attached hydrogens (tertiary/aromatic N) is 2. The van der Waals surface area contributed by atoms with Crippen molar-refractivity contribution in [2.24, 2.45) is 0 Å². The standard InChI is InChI=1S/C20H18F2N2O2/c1-2-24(15-8-9-16(21)17(22)12-15)20(25)11-10-19-23-13-18(26-19)14-6-4-3-5-7-14/h3-9,12-13H,2,10-11H2,1H3. The van der Waals surface area contributed by atoms with E-state index >= 15 is 0 Å². The maximum absolute atomic E-state index is 13.4. The van der Waals surface area contributed by atoms with Gasteiger partial charge in [-0.15, -0.1) is 0 Å². The Bertz CT molecular complexity index is 894. The molecule has 0 spiro atoms. The van der Waals surface area contributed by atoms with Gasteiger partial charge in [-0.1, -0.05) is 30.3 Å². The number of carbonyl (C=O) groups excluding carboxylic acids is 1. The lowest BCUT2D eigenvalue weighted by Crippen LogP contribution is -2.30. The summed E-state index contributed by atoms with van der Waals surface area (Å²) in [7, 11) is 0. The van der Waals surface area contributed by atoms with Gasteiger partial charge < -0.3 is 9.32 Å². The molecule has 0 aliphatic carbocycles. The number of amides is 1. The molecule has 4 nitrogen and oxygen atoms in total. The van der Waals surface area contributed by atoms with Crippen LogP contribution in [-0.2, 0) is 11.2 Å². The number of aryl methyl sites for hydroxylation is 1. The highest BCUT2D eigenvalue weighted by molar-refractivity contribution is 5.93. The largest absolute Gasteiger partial charge is 0.441 e. The van der Waals surface area contributed by atoms with Gasteiger partial charge >= 0.3 is 0 Å². The molecule has 0 atom stereocenters. The van der Waals surface area contributed by atoms with Crippen molar-refractivity contribution in [1.29, 1.82) is 0 Å². The Labute approximate surface area is 150 Å². The van der Waals surface area contributed by atoms with Gasteiger partial charge in [0.05, 0.1) is 6.20 Å². The molecular formula is C20H18F2N2O2. The first-order valence-corrected chi connectivity index (χ1v) is 8.34. The zero-order valence-corrected chi connectivity index (χ0v) is 14.3. The maximum atomic E-state index is 13.4. The summed E-state index contributed by atoms with van der Waals surface area (Å²) in [5, 5.41) is 0. The first-order chi connectivity index (χ1) is 12.6. The second kappa shape index (κ2) is 7.91. The van der Waals surface area contributed by atoms with Crippen molar-refractivity contribution in [2.45, 2.75) is 19.8 Å². The number of carbonyl (C=O) groups is 1. The van der Waals surface area contributed by atoms with Crippen LogP contribution in [0.5, 0.6) is 0 Å². The minimum Gasteiger partial charge on any atom is -0.441 e. The van der Waals surface area contributed by atoms with Gasteiger partial charge in [-0.2, -0.15) is 0 Å². The molecule has 0 N–H and O–H groups in total. The molecule has 134 valence electrons. The Balaban J connectivity index is 1.66. The summed E-state index contributed by atoms with van der Waals surface area (Å²) >= 11 is 0. The summed E-state index contributed by atoms with van der Waals surface area (Å²) in [4.78, 5) is 18.1. The zero-order valence-electron chi connectivity index (χ0n) is 14.3. The van der Waals surface area contributed by atoms with Crippen LogP contribution >= 0.6 is 0 Å². The lowest BCUT2D eigenvalue weighted by Gasteiger charge is -2.21. The molecule has 26 heavy (non-hydrogen) atoms. The molecule has 1 amide bonds. The number of oxazole rings is 1. The van der Waals surface area contributed by atoms with E-state index in [2.05, 4.69) is 4.98 Å². The van der Waals surface area contributed by atoms with Gasteiger partial charge in [0.15, 0.2) is 23.3 Å². The molecule has 0 saturated heterocycles. The fourth-order valence-corrected chi connectivity index (χ4v) is 2.67. The number of benzene rings is 2. The maximum Gasteiger partial charge on any atom is 0.227 e. The quantitative estimate of drug-likeness (QED) is 0.648. The number of halogens is 2. The molecule has 0 bridgehead atoms. The van der Waals surface area contributed by atoms with Gasteiger partial charge in [0, 0.05) is 36.7 Å². The van der Waals surface area contributed by atoms with Crippen LogP contribution in [-0.4, -0.2) is 17.4 Å². The second-order valence-corrected chi connectivity index (χ2v) is 5.72. The van der Waals surface area contributed by atoms with Crippen molar-refractivity contribution in [3.05, 3.63) is 72.3 Å². The SMILES string of the molecule is CCN(C(=O)CCc1ncc(-c2ccccc2)o1)c1ccc(F)c(F)c1. The number of hydrogen-bond donors (Lipinski definition) is 0. The lowest BCUT2D eigenvalue weighted by molar-refractivity contribution is -0.118. The summed E-state index contributed by atoms with van der Waals surface area (Å²) in [6.07, 6.45) is 2.11. The number of aromatic nitrogens is 1. The Morgan fingerprint density at radius 3 is 2.58 bits per heavy atom. The minimum absolute atomic E-state index is 0.154. The molecule has 6 heteroatoms.